The van der Waals surface area contributed by atoms with E-state index in [4.69, 9.17) is 6.42 Å². The van der Waals surface area contributed by atoms with Crippen LogP contribution in [0.1, 0.15) is 17.2 Å². The first kappa shape index (κ1) is 12.1. The van der Waals surface area contributed by atoms with Crippen molar-refractivity contribution in [2.45, 2.75) is 12.3 Å². The number of hydrogen-bond donors (Lipinski definition) is 0. The van der Waals surface area contributed by atoms with Gasteiger partial charge in [-0.2, -0.15) is 13.2 Å². The number of carbonyl (C=O) groups excluding carboxylic acids is 1. The Bertz CT molecular complexity index is 401. The van der Waals surface area contributed by atoms with E-state index in [0.29, 0.717) is 5.56 Å². The molecule has 1 atom stereocenters. The van der Waals surface area contributed by atoms with Gasteiger partial charge in [-0.05, 0) is 12.1 Å². The number of halogens is 3. The molecule has 0 aliphatic rings. The molecule has 1 aromatic rings. The summed E-state index contributed by atoms with van der Waals surface area (Å²) in [5.41, 5.74) is -0.458. The van der Waals surface area contributed by atoms with Crippen molar-refractivity contribution in [1.82, 2.24) is 0 Å². The van der Waals surface area contributed by atoms with E-state index in [1.165, 1.54) is 12.1 Å². The fraction of sp³-hybridized carbons (Fsp3) is 0.182. The minimum Gasteiger partial charge on any atom is -0.446 e. The zero-order valence-electron chi connectivity index (χ0n) is 7.99. The van der Waals surface area contributed by atoms with Crippen LogP contribution in [0.25, 0.3) is 0 Å². The van der Waals surface area contributed by atoms with Crippen molar-refractivity contribution < 1.29 is 22.7 Å². The van der Waals surface area contributed by atoms with E-state index in [9.17, 15) is 18.0 Å². The van der Waals surface area contributed by atoms with Crippen LogP contribution in [0.2, 0.25) is 0 Å². The molecule has 1 unspecified atom stereocenters. The molecule has 0 heterocycles. The summed E-state index contributed by atoms with van der Waals surface area (Å²) in [6, 6.07) is 4.12. The lowest BCUT2D eigenvalue weighted by molar-refractivity contribution is -0.137. The zero-order chi connectivity index (χ0) is 12.2. The quantitative estimate of drug-likeness (QED) is 0.587. The molecule has 0 radical (unpaired) electrons. The molecule has 0 fully saturated rings. The van der Waals surface area contributed by atoms with E-state index in [-0.39, 0.29) is 6.47 Å². The molecule has 84 valence electrons. The Kier molecular flexibility index (Phi) is 3.56. The van der Waals surface area contributed by atoms with Gasteiger partial charge in [-0.1, -0.05) is 18.1 Å². The van der Waals surface area contributed by atoms with Gasteiger partial charge in [-0.25, -0.2) is 0 Å². The molecule has 1 rings (SSSR count). The molecule has 0 saturated carbocycles. The highest BCUT2D eigenvalue weighted by Gasteiger charge is 2.30. The first-order valence-electron chi connectivity index (χ1n) is 4.21. The second-order valence-corrected chi connectivity index (χ2v) is 2.90. The maximum atomic E-state index is 12.2. The highest BCUT2D eigenvalue weighted by molar-refractivity contribution is 5.40. The van der Waals surface area contributed by atoms with Gasteiger partial charge in [-0.3, -0.25) is 4.79 Å². The van der Waals surface area contributed by atoms with Gasteiger partial charge in [0.2, 0.25) is 0 Å². The van der Waals surface area contributed by atoms with Crippen LogP contribution in [0.5, 0.6) is 0 Å². The SMILES string of the molecule is C#CC(OC=O)c1ccc(C(F)(F)F)cc1. The third-order valence-electron chi connectivity index (χ3n) is 1.88. The maximum Gasteiger partial charge on any atom is 0.416 e. The van der Waals surface area contributed by atoms with Crippen molar-refractivity contribution in [1.29, 1.82) is 0 Å². The fourth-order valence-electron chi connectivity index (χ4n) is 1.12. The van der Waals surface area contributed by atoms with Crippen LogP contribution in [0.15, 0.2) is 24.3 Å². The number of terminal acetylenes is 1. The first-order chi connectivity index (χ1) is 7.49. The normalized spacial score (nSPS) is 12.6. The molecule has 0 saturated heterocycles. The monoisotopic (exact) mass is 228 g/mol. The van der Waals surface area contributed by atoms with Gasteiger partial charge in [0.1, 0.15) is 0 Å². The molecule has 0 bridgehead atoms. The highest BCUT2D eigenvalue weighted by atomic mass is 19.4. The Balaban J connectivity index is 2.94. The number of carbonyl (C=O) groups is 1. The molecule has 0 N–H and O–H groups in total. The molecule has 0 aliphatic heterocycles. The van der Waals surface area contributed by atoms with Crippen LogP contribution in [0.4, 0.5) is 13.2 Å². The summed E-state index contributed by atoms with van der Waals surface area (Å²) in [6.07, 6.45) is -0.293. The smallest absolute Gasteiger partial charge is 0.416 e. The minimum absolute atomic E-state index is 0.155. The summed E-state index contributed by atoms with van der Waals surface area (Å²) in [5.74, 6) is 2.14. The Morgan fingerprint density at radius 2 is 1.88 bits per heavy atom. The van der Waals surface area contributed by atoms with E-state index in [2.05, 4.69) is 10.7 Å². The van der Waals surface area contributed by atoms with Crippen LogP contribution in [-0.4, -0.2) is 6.47 Å². The van der Waals surface area contributed by atoms with Crippen molar-refractivity contribution in [2.75, 3.05) is 0 Å². The van der Waals surface area contributed by atoms with Crippen molar-refractivity contribution in [3.05, 3.63) is 35.4 Å². The van der Waals surface area contributed by atoms with Gasteiger partial charge >= 0.3 is 6.18 Å². The summed E-state index contributed by atoms with van der Waals surface area (Å²) in [5, 5.41) is 0. The van der Waals surface area contributed by atoms with Gasteiger partial charge < -0.3 is 4.74 Å². The highest BCUT2D eigenvalue weighted by Crippen LogP contribution is 2.30. The Morgan fingerprint density at radius 1 is 1.31 bits per heavy atom. The van der Waals surface area contributed by atoms with E-state index in [1.807, 2.05) is 0 Å². The summed E-state index contributed by atoms with van der Waals surface area (Å²) in [4.78, 5) is 10.1. The second kappa shape index (κ2) is 4.71. The number of benzene rings is 1. The van der Waals surface area contributed by atoms with Crippen LogP contribution in [0, 0.1) is 12.3 Å². The molecule has 2 nitrogen and oxygen atoms in total. The molecule has 0 spiro atoms. The number of hydrogen-bond acceptors (Lipinski definition) is 2. The standard InChI is InChI=1S/C11H7F3O2/c1-2-10(16-7-15)8-3-5-9(6-4-8)11(12,13)14/h1,3-7,10H. The largest absolute Gasteiger partial charge is 0.446 e. The van der Waals surface area contributed by atoms with Crippen LogP contribution in [0.3, 0.4) is 0 Å². The third kappa shape index (κ3) is 2.76. The molecular formula is C11H7F3O2. The molecule has 0 aromatic heterocycles. The van der Waals surface area contributed by atoms with Crippen LogP contribution >= 0.6 is 0 Å². The summed E-state index contributed by atoms with van der Waals surface area (Å²) in [6.45, 7) is 0.155. The van der Waals surface area contributed by atoms with E-state index < -0.39 is 17.8 Å². The second-order valence-electron chi connectivity index (χ2n) is 2.90. The van der Waals surface area contributed by atoms with Crippen molar-refractivity contribution >= 4 is 6.47 Å². The molecular weight excluding hydrogens is 221 g/mol. The van der Waals surface area contributed by atoms with E-state index >= 15 is 0 Å². The molecule has 16 heavy (non-hydrogen) atoms. The maximum absolute atomic E-state index is 12.2. The minimum atomic E-state index is -4.39. The lowest BCUT2D eigenvalue weighted by Crippen LogP contribution is -2.06. The van der Waals surface area contributed by atoms with Gasteiger partial charge in [0.05, 0.1) is 5.56 Å². The van der Waals surface area contributed by atoms with Crippen molar-refractivity contribution in [3.63, 3.8) is 0 Å². The van der Waals surface area contributed by atoms with Crippen molar-refractivity contribution in [2.24, 2.45) is 0 Å². The zero-order valence-corrected chi connectivity index (χ0v) is 7.99. The average molecular weight is 228 g/mol. The van der Waals surface area contributed by atoms with Crippen molar-refractivity contribution in [3.8, 4) is 12.3 Å². The lowest BCUT2D eigenvalue weighted by atomic mass is 10.1. The van der Waals surface area contributed by atoms with E-state index in [0.717, 1.165) is 12.1 Å². The predicted octanol–water partition coefficient (Wildman–Crippen LogP) is 2.55. The first-order valence-corrected chi connectivity index (χ1v) is 4.21. The average Bonchev–Trinajstić information content (AvgIpc) is 2.25. The molecule has 0 amide bonds. The van der Waals surface area contributed by atoms with Gasteiger partial charge in [0.15, 0.2) is 6.10 Å². The predicted molar refractivity (Wildman–Crippen MR) is 50.2 cm³/mol. The van der Waals surface area contributed by atoms with Gasteiger partial charge in [0, 0.05) is 5.56 Å². The molecule has 5 heteroatoms. The Morgan fingerprint density at radius 3 is 2.25 bits per heavy atom. The summed E-state index contributed by atoms with van der Waals surface area (Å²) in [7, 11) is 0. The van der Waals surface area contributed by atoms with Crippen LogP contribution in [-0.2, 0) is 15.7 Å². The third-order valence-corrected chi connectivity index (χ3v) is 1.88. The Labute approximate surface area is 90.0 Å². The number of ether oxygens (including phenoxy) is 1. The number of rotatable bonds is 3. The fourth-order valence-corrected chi connectivity index (χ4v) is 1.12. The Hall–Kier alpha value is -1.96. The van der Waals surface area contributed by atoms with Gasteiger partial charge in [0.25, 0.3) is 6.47 Å². The number of alkyl halides is 3. The molecule has 0 aliphatic carbocycles. The van der Waals surface area contributed by atoms with Crippen LogP contribution < -0.4 is 0 Å². The summed E-state index contributed by atoms with van der Waals surface area (Å²) >= 11 is 0. The topological polar surface area (TPSA) is 26.3 Å². The summed E-state index contributed by atoms with van der Waals surface area (Å²) < 4.78 is 41.2. The van der Waals surface area contributed by atoms with E-state index in [1.54, 1.807) is 0 Å². The molecule has 1 aromatic carbocycles. The van der Waals surface area contributed by atoms with Gasteiger partial charge in [-0.15, -0.1) is 6.42 Å². The lowest BCUT2D eigenvalue weighted by Gasteiger charge is -2.11.